The fourth-order valence-corrected chi connectivity index (χ4v) is 4.48. The average molecular weight is 337 g/mol. The van der Waals surface area contributed by atoms with E-state index in [-0.39, 0.29) is 5.69 Å². The van der Waals surface area contributed by atoms with Gasteiger partial charge < -0.3 is 9.05 Å². The Morgan fingerprint density at radius 2 is 1.91 bits per heavy atom. The van der Waals surface area contributed by atoms with Gasteiger partial charge in [0.1, 0.15) is 5.75 Å². The van der Waals surface area contributed by atoms with Crippen LogP contribution in [0.25, 0.3) is 0 Å². The molecule has 7 heteroatoms. The Hall–Kier alpha value is -1.75. The summed E-state index contributed by atoms with van der Waals surface area (Å²) in [5.74, 6) is 0.506. The van der Waals surface area contributed by atoms with Crippen molar-refractivity contribution in [1.82, 2.24) is 0 Å². The zero-order chi connectivity index (χ0) is 16.2. The topological polar surface area (TPSA) is 61.6 Å². The van der Waals surface area contributed by atoms with Crippen LogP contribution in [0.3, 0.4) is 0 Å². The number of rotatable bonds is 6. The minimum absolute atomic E-state index is 0.0225. The van der Waals surface area contributed by atoms with Crippen LogP contribution < -0.4 is 9.83 Å². The molecular weight excluding hydrogens is 321 g/mol. The Balaban J connectivity index is 2.37. The van der Waals surface area contributed by atoms with Crippen LogP contribution in [-0.4, -0.2) is 11.5 Å². The van der Waals surface area contributed by atoms with Crippen molar-refractivity contribution in [2.75, 3.05) is 6.61 Å². The zero-order valence-electron chi connectivity index (χ0n) is 12.3. The molecular formula is C15H16NO4PS. The molecule has 0 aromatic heterocycles. The maximum atomic E-state index is 10.8. The number of hydrogen-bond acceptors (Lipinski definition) is 5. The molecule has 0 aliphatic heterocycles. The predicted molar refractivity (Wildman–Crippen MR) is 90.4 cm³/mol. The molecule has 0 aliphatic rings. The molecule has 2 aromatic rings. The number of nitro groups is 1. The summed E-state index contributed by atoms with van der Waals surface area (Å²) in [4.78, 5) is 10.4. The lowest BCUT2D eigenvalue weighted by Gasteiger charge is -2.23. The van der Waals surface area contributed by atoms with E-state index < -0.39 is 11.4 Å². The van der Waals surface area contributed by atoms with Gasteiger partial charge in [0.2, 0.25) is 0 Å². The Kier molecular flexibility index (Phi) is 5.29. The summed E-state index contributed by atoms with van der Waals surface area (Å²) in [5.41, 5.74) is 0.674. The van der Waals surface area contributed by atoms with Crippen LogP contribution >= 0.6 is 6.49 Å². The second-order valence-corrected chi connectivity index (χ2v) is 7.94. The van der Waals surface area contributed by atoms with Crippen molar-refractivity contribution in [2.24, 2.45) is 0 Å². The number of non-ortho nitro benzene ring substituents is 1. The largest absolute Gasteiger partial charge is 0.440 e. The molecule has 0 amide bonds. The lowest BCUT2D eigenvalue weighted by Crippen LogP contribution is -2.12. The predicted octanol–water partition coefficient (Wildman–Crippen LogP) is 3.95. The van der Waals surface area contributed by atoms with Crippen molar-refractivity contribution in [1.29, 1.82) is 0 Å². The van der Waals surface area contributed by atoms with E-state index in [1.54, 1.807) is 13.0 Å². The molecule has 0 fully saturated rings. The van der Waals surface area contributed by atoms with E-state index >= 15 is 0 Å². The lowest BCUT2D eigenvalue weighted by atomic mass is 10.2. The highest BCUT2D eigenvalue weighted by Gasteiger charge is 2.24. The minimum atomic E-state index is -2.70. The van der Waals surface area contributed by atoms with Crippen LogP contribution in [0.2, 0.25) is 0 Å². The summed E-state index contributed by atoms with van der Waals surface area (Å²) in [5, 5.41) is 11.6. The fourth-order valence-electron chi connectivity index (χ4n) is 1.91. The summed E-state index contributed by atoms with van der Waals surface area (Å²) in [7, 11) is 0. The first-order valence-corrected chi connectivity index (χ1v) is 9.35. The third kappa shape index (κ3) is 3.71. The molecule has 1 atom stereocenters. The van der Waals surface area contributed by atoms with E-state index in [4.69, 9.17) is 20.9 Å². The third-order valence-electron chi connectivity index (χ3n) is 2.96. The Morgan fingerprint density at radius 3 is 2.45 bits per heavy atom. The van der Waals surface area contributed by atoms with Gasteiger partial charge in [0.25, 0.3) is 12.2 Å². The smallest absolute Gasteiger partial charge is 0.269 e. The zero-order valence-corrected chi connectivity index (χ0v) is 14.0. The normalized spacial score (nSPS) is 13.4. The average Bonchev–Trinajstić information content (AvgIpc) is 2.50. The molecule has 116 valence electrons. The molecule has 0 saturated carbocycles. The fraction of sp³-hybridized carbons (Fsp3) is 0.200. The summed E-state index contributed by atoms with van der Waals surface area (Å²) in [6.07, 6.45) is 0. The molecule has 0 heterocycles. The van der Waals surface area contributed by atoms with Gasteiger partial charge in [-0.05, 0) is 49.4 Å². The molecule has 5 nitrogen and oxygen atoms in total. The first-order valence-electron chi connectivity index (χ1n) is 6.71. The highest BCUT2D eigenvalue weighted by atomic mass is 32.5. The highest BCUT2D eigenvalue weighted by Crippen LogP contribution is 2.48. The monoisotopic (exact) mass is 337 g/mol. The molecule has 0 N–H and O–H groups in total. The molecule has 0 bridgehead atoms. The van der Waals surface area contributed by atoms with E-state index in [0.717, 1.165) is 5.30 Å². The van der Waals surface area contributed by atoms with Crippen LogP contribution in [0.15, 0.2) is 48.5 Å². The van der Waals surface area contributed by atoms with E-state index in [9.17, 15) is 10.1 Å². The van der Waals surface area contributed by atoms with Gasteiger partial charge in [-0.3, -0.25) is 10.1 Å². The van der Waals surface area contributed by atoms with E-state index in [1.807, 2.05) is 37.3 Å². The van der Waals surface area contributed by atoms with Crippen molar-refractivity contribution in [3.8, 4) is 5.75 Å². The summed E-state index contributed by atoms with van der Waals surface area (Å²) in [6, 6.07) is 13.8. The van der Waals surface area contributed by atoms with Gasteiger partial charge in [0.15, 0.2) is 0 Å². The number of nitro benzene ring substituents is 1. The van der Waals surface area contributed by atoms with Gasteiger partial charge in [-0.2, -0.15) is 0 Å². The second-order valence-electron chi connectivity index (χ2n) is 4.55. The number of nitrogens with zero attached hydrogens (tertiary/aromatic N) is 1. The molecule has 2 rings (SSSR count). The number of benzene rings is 2. The van der Waals surface area contributed by atoms with E-state index in [2.05, 4.69) is 0 Å². The standard InChI is InChI=1S/C15H16NO4PS/c1-3-19-21(22,14-7-5-4-6-8-14)20-15-10-9-13(16(17)18)11-12(15)2/h4-11H,3H2,1-2H3. The Labute approximate surface area is 134 Å². The van der Waals surface area contributed by atoms with Gasteiger partial charge in [-0.15, -0.1) is 0 Å². The van der Waals surface area contributed by atoms with Crippen LogP contribution in [0.4, 0.5) is 5.69 Å². The van der Waals surface area contributed by atoms with Crippen LogP contribution in [0.5, 0.6) is 5.75 Å². The first kappa shape index (κ1) is 16.6. The van der Waals surface area contributed by atoms with Crippen LogP contribution in [-0.2, 0) is 16.3 Å². The molecule has 0 spiro atoms. The summed E-state index contributed by atoms with van der Waals surface area (Å²) >= 11 is 5.63. The van der Waals surface area contributed by atoms with Gasteiger partial charge in [-0.25, -0.2) is 0 Å². The van der Waals surface area contributed by atoms with Gasteiger partial charge in [-0.1, -0.05) is 18.2 Å². The molecule has 22 heavy (non-hydrogen) atoms. The van der Waals surface area contributed by atoms with Crippen molar-refractivity contribution in [3.63, 3.8) is 0 Å². The highest BCUT2D eigenvalue weighted by molar-refractivity contribution is 8.13. The quantitative estimate of drug-likeness (QED) is 0.454. The first-order chi connectivity index (χ1) is 10.5. The molecule has 0 aliphatic carbocycles. The third-order valence-corrected chi connectivity index (χ3v) is 6.10. The summed E-state index contributed by atoms with van der Waals surface area (Å²) < 4.78 is 11.7. The SMILES string of the molecule is CCOP(=S)(Oc1ccc([N+](=O)[O-])cc1C)c1ccccc1. The number of aryl methyl sites for hydroxylation is 1. The van der Waals surface area contributed by atoms with Crippen molar-refractivity contribution >= 4 is 29.3 Å². The van der Waals surface area contributed by atoms with Crippen molar-refractivity contribution in [2.45, 2.75) is 13.8 Å². The molecule has 1 unspecified atom stereocenters. The van der Waals surface area contributed by atoms with Crippen LogP contribution in [0.1, 0.15) is 12.5 Å². The minimum Gasteiger partial charge on any atom is -0.440 e. The van der Waals surface area contributed by atoms with Gasteiger partial charge >= 0.3 is 0 Å². The number of hydrogen-bond donors (Lipinski definition) is 0. The van der Waals surface area contributed by atoms with Crippen molar-refractivity contribution in [3.05, 3.63) is 64.2 Å². The molecule has 0 radical (unpaired) electrons. The van der Waals surface area contributed by atoms with Crippen molar-refractivity contribution < 1.29 is 14.0 Å². The van der Waals surface area contributed by atoms with E-state index in [1.165, 1.54) is 12.1 Å². The molecule has 0 saturated heterocycles. The lowest BCUT2D eigenvalue weighted by molar-refractivity contribution is -0.384. The second kappa shape index (κ2) is 7.01. The van der Waals surface area contributed by atoms with Crippen LogP contribution in [0, 0.1) is 17.0 Å². The Morgan fingerprint density at radius 1 is 1.23 bits per heavy atom. The molecule has 2 aromatic carbocycles. The maximum absolute atomic E-state index is 10.8. The van der Waals surface area contributed by atoms with E-state index in [0.29, 0.717) is 17.9 Å². The maximum Gasteiger partial charge on any atom is 0.269 e. The van der Waals surface area contributed by atoms with Gasteiger partial charge in [0.05, 0.1) is 11.5 Å². The Bertz CT molecular complexity index is 721. The van der Waals surface area contributed by atoms with Gasteiger partial charge in [0, 0.05) is 17.4 Å². The summed E-state index contributed by atoms with van der Waals surface area (Å²) in [6.45, 7) is 1.34.